The van der Waals surface area contributed by atoms with Crippen molar-refractivity contribution in [1.82, 2.24) is 9.55 Å². The summed E-state index contributed by atoms with van der Waals surface area (Å²) in [5.74, 6) is -0.456. The van der Waals surface area contributed by atoms with Gasteiger partial charge in [-0.05, 0) is 50.2 Å². The third kappa shape index (κ3) is 4.23. The van der Waals surface area contributed by atoms with Crippen molar-refractivity contribution in [3.63, 3.8) is 0 Å². The Hall–Kier alpha value is -2.99. The van der Waals surface area contributed by atoms with Gasteiger partial charge in [-0.1, -0.05) is 23.7 Å². The number of aromatic nitrogens is 2. The van der Waals surface area contributed by atoms with Gasteiger partial charge >= 0.3 is 0 Å². The predicted octanol–water partition coefficient (Wildman–Crippen LogP) is 3.96. The molecule has 1 aromatic heterocycles. The minimum absolute atomic E-state index is 0.230. The van der Waals surface area contributed by atoms with Crippen LogP contribution in [0.1, 0.15) is 11.3 Å². The molecule has 1 N–H and O–H groups in total. The average molecular weight is 386 g/mol. The molecule has 0 spiro atoms. The number of aryl methyl sites for hydroxylation is 1. The van der Waals surface area contributed by atoms with E-state index >= 15 is 0 Å². The van der Waals surface area contributed by atoms with Crippen molar-refractivity contribution in [3.05, 3.63) is 81.0 Å². The highest BCUT2D eigenvalue weighted by atomic mass is 35.5. The molecule has 27 heavy (non-hydrogen) atoms. The molecule has 0 saturated heterocycles. The lowest BCUT2D eigenvalue weighted by molar-refractivity contribution is -0.116. The molecule has 0 unspecified atom stereocenters. The number of benzene rings is 2. The summed E-state index contributed by atoms with van der Waals surface area (Å²) in [6.07, 6.45) is 0. The summed E-state index contributed by atoms with van der Waals surface area (Å²) < 4.78 is 14.3. The van der Waals surface area contributed by atoms with Gasteiger partial charge in [-0.3, -0.25) is 14.2 Å². The summed E-state index contributed by atoms with van der Waals surface area (Å²) in [5.41, 5.74) is 1.83. The topological polar surface area (TPSA) is 64.0 Å². The number of rotatable bonds is 4. The molecule has 0 atom stereocenters. The number of nitrogens with zero attached hydrogens (tertiary/aromatic N) is 2. The van der Waals surface area contributed by atoms with Gasteiger partial charge in [0.15, 0.2) is 0 Å². The minimum Gasteiger partial charge on any atom is -0.325 e. The first kappa shape index (κ1) is 18.8. The fraction of sp³-hybridized carbons (Fsp3) is 0.150. The molecule has 5 nitrogen and oxygen atoms in total. The Balaban J connectivity index is 1.98. The number of halogens is 2. The molecule has 0 radical (unpaired) electrons. The zero-order chi connectivity index (χ0) is 19.6. The molecule has 1 amide bonds. The maximum atomic E-state index is 13.0. The monoisotopic (exact) mass is 385 g/mol. The van der Waals surface area contributed by atoms with Gasteiger partial charge in [-0.2, -0.15) is 0 Å². The molecular weight excluding hydrogens is 369 g/mol. The van der Waals surface area contributed by atoms with E-state index in [0.29, 0.717) is 33.4 Å². The molecule has 0 aliphatic carbocycles. The molecule has 3 rings (SSSR count). The number of carbonyl (C=O) groups excluding carboxylic acids is 1. The van der Waals surface area contributed by atoms with Crippen LogP contribution in [0.2, 0.25) is 5.02 Å². The molecule has 1 heterocycles. The molecule has 0 saturated carbocycles. The van der Waals surface area contributed by atoms with Crippen molar-refractivity contribution in [2.75, 3.05) is 5.32 Å². The summed E-state index contributed by atoms with van der Waals surface area (Å²) in [6, 6.07) is 12.3. The van der Waals surface area contributed by atoms with Crippen molar-refractivity contribution >= 4 is 23.2 Å². The van der Waals surface area contributed by atoms with Crippen LogP contribution in [-0.2, 0) is 11.3 Å². The van der Waals surface area contributed by atoms with E-state index in [1.165, 1.54) is 28.8 Å². The van der Waals surface area contributed by atoms with E-state index in [1.54, 1.807) is 38.1 Å². The lowest BCUT2D eigenvalue weighted by Crippen LogP contribution is -2.31. The molecule has 0 bridgehead atoms. The first-order chi connectivity index (χ1) is 12.8. The van der Waals surface area contributed by atoms with Gasteiger partial charge in [-0.15, -0.1) is 0 Å². The van der Waals surface area contributed by atoms with Gasteiger partial charge in [-0.25, -0.2) is 9.37 Å². The van der Waals surface area contributed by atoms with Crippen molar-refractivity contribution in [2.24, 2.45) is 0 Å². The van der Waals surface area contributed by atoms with Crippen molar-refractivity contribution in [3.8, 4) is 11.4 Å². The van der Waals surface area contributed by atoms with Gasteiger partial charge in [0.25, 0.3) is 5.56 Å². The van der Waals surface area contributed by atoms with Gasteiger partial charge in [0, 0.05) is 27.5 Å². The van der Waals surface area contributed by atoms with Gasteiger partial charge in [0.1, 0.15) is 18.2 Å². The number of amides is 1. The second kappa shape index (κ2) is 7.72. The third-order valence-corrected chi connectivity index (χ3v) is 4.39. The molecule has 138 valence electrons. The van der Waals surface area contributed by atoms with Crippen LogP contribution >= 0.6 is 11.6 Å². The Labute approximate surface area is 160 Å². The standard InChI is InChI=1S/C20H17ClFN3O2/c1-12-13(2)23-19(14-4-3-5-15(21)10-14)25(20(12)27)11-18(26)24-17-8-6-16(22)7-9-17/h3-10H,11H2,1-2H3,(H,24,26). The van der Waals surface area contributed by atoms with E-state index in [1.807, 2.05) is 0 Å². The summed E-state index contributed by atoms with van der Waals surface area (Å²) in [6.45, 7) is 3.18. The summed E-state index contributed by atoms with van der Waals surface area (Å²) >= 11 is 6.06. The maximum absolute atomic E-state index is 13.0. The lowest BCUT2D eigenvalue weighted by Gasteiger charge is -2.15. The zero-order valence-electron chi connectivity index (χ0n) is 14.8. The van der Waals surface area contributed by atoms with Gasteiger partial charge < -0.3 is 5.32 Å². The smallest absolute Gasteiger partial charge is 0.257 e. The SMILES string of the molecule is Cc1nc(-c2cccc(Cl)c2)n(CC(=O)Nc2ccc(F)cc2)c(=O)c1C. The molecule has 2 aromatic carbocycles. The van der Waals surface area contributed by atoms with Crippen LogP contribution in [0.25, 0.3) is 11.4 Å². The van der Waals surface area contributed by atoms with Crippen molar-refractivity contribution < 1.29 is 9.18 Å². The largest absolute Gasteiger partial charge is 0.325 e. The normalized spacial score (nSPS) is 10.7. The molecule has 0 aliphatic heterocycles. The number of hydrogen-bond donors (Lipinski definition) is 1. The van der Waals surface area contributed by atoms with Crippen LogP contribution in [0.15, 0.2) is 53.3 Å². The summed E-state index contributed by atoms with van der Waals surface area (Å²) in [5, 5.41) is 3.15. The average Bonchev–Trinajstić information content (AvgIpc) is 2.64. The van der Waals surface area contributed by atoms with Crippen LogP contribution in [0.5, 0.6) is 0 Å². The number of carbonyl (C=O) groups is 1. The van der Waals surface area contributed by atoms with Gasteiger partial charge in [0.2, 0.25) is 5.91 Å². The molecule has 0 aliphatic rings. The Kier molecular flexibility index (Phi) is 5.37. The highest BCUT2D eigenvalue weighted by Gasteiger charge is 2.16. The van der Waals surface area contributed by atoms with Crippen molar-refractivity contribution in [2.45, 2.75) is 20.4 Å². The van der Waals surface area contributed by atoms with E-state index in [-0.39, 0.29) is 12.1 Å². The highest BCUT2D eigenvalue weighted by Crippen LogP contribution is 2.21. The van der Waals surface area contributed by atoms with Gasteiger partial charge in [0.05, 0.1) is 0 Å². The van der Waals surface area contributed by atoms with Crippen LogP contribution in [-0.4, -0.2) is 15.5 Å². The van der Waals surface area contributed by atoms with E-state index in [4.69, 9.17) is 11.6 Å². The highest BCUT2D eigenvalue weighted by molar-refractivity contribution is 6.30. The van der Waals surface area contributed by atoms with Crippen molar-refractivity contribution in [1.29, 1.82) is 0 Å². The van der Waals surface area contributed by atoms with Crippen LogP contribution < -0.4 is 10.9 Å². The van der Waals surface area contributed by atoms with Crippen LogP contribution in [0, 0.1) is 19.7 Å². The molecule has 3 aromatic rings. The Morgan fingerprint density at radius 1 is 1.19 bits per heavy atom. The quantitative estimate of drug-likeness (QED) is 0.739. The Morgan fingerprint density at radius 3 is 2.56 bits per heavy atom. The van der Waals surface area contributed by atoms with E-state index in [0.717, 1.165) is 0 Å². The number of hydrogen-bond acceptors (Lipinski definition) is 3. The predicted molar refractivity (Wildman–Crippen MR) is 103 cm³/mol. The fourth-order valence-electron chi connectivity index (χ4n) is 2.63. The Morgan fingerprint density at radius 2 is 1.89 bits per heavy atom. The second-order valence-corrected chi connectivity index (χ2v) is 6.54. The van der Waals surface area contributed by atoms with E-state index in [2.05, 4.69) is 10.3 Å². The lowest BCUT2D eigenvalue weighted by atomic mass is 10.1. The van der Waals surface area contributed by atoms with Crippen LogP contribution in [0.4, 0.5) is 10.1 Å². The summed E-state index contributed by atoms with van der Waals surface area (Å²) in [4.78, 5) is 29.7. The minimum atomic E-state index is -0.419. The summed E-state index contributed by atoms with van der Waals surface area (Å²) in [7, 11) is 0. The first-order valence-corrected chi connectivity index (χ1v) is 8.62. The number of anilines is 1. The molecule has 7 heteroatoms. The second-order valence-electron chi connectivity index (χ2n) is 6.10. The zero-order valence-corrected chi connectivity index (χ0v) is 15.5. The van der Waals surface area contributed by atoms with E-state index in [9.17, 15) is 14.0 Å². The first-order valence-electron chi connectivity index (χ1n) is 8.24. The molecule has 0 fully saturated rings. The fourth-order valence-corrected chi connectivity index (χ4v) is 2.82. The maximum Gasteiger partial charge on any atom is 0.257 e. The number of nitrogens with one attached hydrogen (secondary N) is 1. The Bertz CT molecular complexity index is 1060. The van der Waals surface area contributed by atoms with E-state index < -0.39 is 11.7 Å². The molecular formula is C20H17ClFN3O2. The van der Waals surface area contributed by atoms with Crippen LogP contribution in [0.3, 0.4) is 0 Å². The third-order valence-electron chi connectivity index (χ3n) is 4.15.